The summed E-state index contributed by atoms with van der Waals surface area (Å²) < 4.78 is 5.72. The molecular formula is C15H23NO2. The van der Waals surface area contributed by atoms with Gasteiger partial charge in [-0.2, -0.15) is 0 Å². The third-order valence-electron chi connectivity index (χ3n) is 2.71. The van der Waals surface area contributed by atoms with Crippen LogP contribution in [0.2, 0.25) is 0 Å². The van der Waals surface area contributed by atoms with Crippen LogP contribution < -0.4 is 10.1 Å². The zero-order valence-corrected chi connectivity index (χ0v) is 11.7. The summed E-state index contributed by atoms with van der Waals surface area (Å²) in [6, 6.07) is 7.83. The zero-order chi connectivity index (χ0) is 13.5. The highest BCUT2D eigenvalue weighted by Crippen LogP contribution is 2.19. The normalized spacial score (nSPS) is 12.3. The smallest absolute Gasteiger partial charge is 0.260 e. The fourth-order valence-corrected chi connectivity index (χ4v) is 1.60. The Labute approximate surface area is 110 Å². The number of benzene rings is 1. The highest BCUT2D eigenvalue weighted by molar-refractivity contribution is 5.80. The molecule has 0 heterocycles. The number of hydrogen-bond donors (Lipinski definition) is 1. The maximum absolute atomic E-state index is 11.8. The molecule has 1 aromatic rings. The van der Waals surface area contributed by atoms with Crippen LogP contribution in [0.1, 0.15) is 33.3 Å². The number of nitrogens with one attached hydrogen (secondary N) is 1. The molecule has 1 N–H and O–H groups in total. The number of aryl methyl sites for hydroxylation is 1. The van der Waals surface area contributed by atoms with Crippen molar-refractivity contribution >= 4 is 5.91 Å². The maximum atomic E-state index is 11.8. The van der Waals surface area contributed by atoms with Gasteiger partial charge in [-0.1, -0.05) is 39.0 Å². The molecule has 1 unspecified atom stereocenters. The van der Waals surface area contributed by atoms with Crippen molar-refractivity contribution in [3.05, 3.63) is 29.8 Å². The summed E-state index contributed by atoms with van der Waals surface area (Å²) in [6.45, 7) is 8.67. The minimum atomic E-state index is -0.462. The molecule has 3 nitrogen and oxygen atoms in total. The van der Waals surface area contributed by atoms with Gasteiger partial charge in [-0.25, -0.2) is 0 Å². The van der Waals surface area contributed by atoms with Gasteiger partial charge in [-0.3, -0.25) is 4.79 Å². The monoisotopic (exact) mass is 249 g/mol. The van der Waals surface area contributed by atoms with E-state index >= 15 is 0 Å². The van der Waals surface area contributed by atoms with Gasteiger partial charge in [-0.05, 0) is 30.9 Å². The molecule has 100 valence electrons. The molecule has 1 rings (SSSR count). The Morgan fingerprint density at radius 3 is 2.56 bits per heavy atom. The molecule has 3 heteroatoms. The summed E-state index contributed by atoms with van der Waals surface area (Å²) in [5.41, 5.74) is 1.13. The van der Waals surface area contributed by atoms with Crippen LogP contribution in [0.5, 0.6) is 5.75 Å². The Kier molecular flexibility index (Phi) is 5.69. The molecule has 1 amide bonds. The molecule has 0 spiro atoms. The van der Waals surface area contributed by atoms with Gasteiger partial charge in [0.05, 0.1) is 0 Å². The lowest BCUT2D eigenvalue weighted by atomic mass is 10.1. The quantitative estimate of drug-likeness (QED) is 0.842. The number of para-hydroxylation sites is 1. The van der Waals surface area contributed by atoms with Crippen LogP contribution in [0.25, 0.3) is 0 Å². The third kappa shape index (κ3) is 4.40. The Hall–Kier alpha value is -1.51. The SMILES string of the molecule is CCc1ccccc1OC(C)C(=O)NCC(C)C. The molecule has 0 bridgehead atoms. The van der Waals surface area contributed by atoms with Crippen molar-refractivity contribution in [3.8, 4) is 5.75 Å². The molecule has 0 aliphatic carbocycles. The van der Waals surface area contributed by atoms with E-state index in [1.54, 1.807) is 6.92 Å². The fraction of sp³-hybridized carbons (Fsp3) is 0.533. The first-order valence-electron chi connectivity index (χ1n) is 6.56. The second-order valence-electron chi connectivity index (χ2n) is 4.86. The van der Waals surface area contributed by atoms with Crippen molar-refractivity contribution in [3.63, 3.8) is 0 Å². The van der Waals surface area contributed by atoms with Gasteiger partial charge in [0.15, 0.2) is 6.10 Å². The zero-order valence-electron chi connectivity index (χ0n) is 11.7. The van der Waals surface area contributed by atoms with Gasteiger partial charge in [0.25, 0.3) is 5.91 Å². The van der Waals surface area contributed by atoms with E-state index in [1.807, 2.05) is 24.3 Å². The molecule has 1 atom stereocenters. The van der Waals surface area contributed by atoms with Crippen molar-refractivity contribution < 1.29 is 9.53 Å². The molecule has 0 aliphatic heterocycles. The van der Waals surface area contributed by atoms with Crippen LogP contribution in [0.15, 0.2) is 24.3 Å². The molecule has 1 aromatic carbocycles. The van der Waals surface area contributed by atoms with Gasteiger partial charge in [0, 0.05) is 6.54 Å². The topological polar surface area (TPSA) is 38.3 Å². The van der Waals surface area contributed by atoms with Crippen LogP contribution >= 0.6 is 0 Å². The first-order valence-corrected chi connectivity index (χ1v) is 6.56. The second kappa shape index (κ2) is 7.04. The minimum Gasteiger partial charge on any atom is -0.481 e. The van der Waals surface area contributed by atoms with Crippen LogP contribution in [0.3, 0.4) is 0 Å². The van der Waals surface area contributed by atoms with Crippen molar-refractivity contribution in [1.29, 1.82) is 0 Å². The van der Waals surface area contributed by atoms with Crippen molar-refractivity contribution in [1.82, 2.24) is 5.32 Å². The Bertz CT molecular complexity index is 388. The Balaban J connectivity index is 2.58. The first kappa shape index (κ1) is 14.6. The number of amides is 1. The van der Waals surface area contributed by atoms with Crippen LogP contribution in [-0.4, -0.2) is 18.6 Å². The van der Waals surface area contributed by atoms with E-state index in [2.05, 4.69) is 26.1 Å². The summed E-state index contributed by atoms with van der Waals surface area (Å²) in [6.07, 6.45) is 0.438. The molecule has 0 radical (unpaired) electrons. The first-order chi connectivity index (χ1) is 8.54. The number of rotatable bonds is 6. The summed E-state index contributed by atoms with van der Waals surface area (Å²) >= 11 is 0. The second-order valence-corrected chi connectivity index (χ2v) is 4.86. The predicted octanol–water partition coefficient (Wildman–Crippen LogP) is 2.79. The third-order valence-corrected chi connectivity index (χ3v) is 2.71. The predicted molar refractivity (Wildman–Crippen MR) is 73.8 cm³/mol. The standard InChI is InChI=1S/C15H23NO2/c1-5-13-8-6-7-9-14(13)18-12(4)15(17)16-10-11(2)3/h6-9,11-12H,5,10H2,1-4H3,(H,16,17). The van der Waals surface area contributed by atoms with E-state index in [4.69, 9.17) is 4.74 Å². The summed E-state index contributed by atoms with van der Waals surface area (Å²) in [7, 11) is 0. The molecule has 0 saturated carbocycles. The Morgan fingerprint density at radius 2 is 1.94 bits per heavy atom. The van der Waals surface area contributed by atoms with Gasteiger partial charge in [0.1, 0.15) is 5.75 Å². The average molecular weight is 249 g/mol. The van der Waals surface area contributed by atoms with E-state index in [0.29, 0.717) is 12.5 Å². The fourth-order valence-electron chi connectivity index (χ4n) is 1.60. The maximum Gasteiger partial charge on any atom is 0.260 e. The number of ether oxygens (including phenoxy) is 1. The van der Waals surface area contributed by atoms with E-state index in [-0.39, 0.29) is 5.91 Å². The number of hydrogen-bond acceptors (Lipinski definition) is 2. The highest BCUT2D eigenvalue weighted by atomic mass is 16.5. The van der Waals surface area contributed by atoms with Crippen molar-refractivity contribution in [2.24, 2.45) is 5.92 Å². The number of carbonyl (C=O) groups is 1. The molecular weight excluding hydrogens is 226 g/mol. The van der Waals surface area contributed by atoms with Gasteiger partial charge in [-0.15, -0.1) is 0 Å². The van der Waals surface area contributed by atoms with E-state index in [0.717, 1.165) is 17.7 Å². The lowest BCUT2D eigenvalue weighted by Crippen LogP contribution is -2.38. The Morgan fingerprint density at radius 1 is 1.28 bits per heavy atom. The largest absolute Gasteiger partial charge is 0.481 e. The van der Waals surface area contributed by atoms with Crippen LogP contribution in [-0.2, 0) is 11.2 Å². The summed E-state index contributed by atoms with van der Waals surface area (Å²) in [5.74, 6) is 1.19. The summed E-state index contributed by atoms with van der Waals surface area (Å²) in [4.78, 5) is 11.8. The van der Waals surface area contributed by atoms with Gasteiger partial charge < -0.3 is 10.1 Å². The minimum absolute atomic E-state index is 0.0605. The molecule has 0 aromatic heterocycles. The molecule has 0 saturated heterocycles. The van der Waals surface area contributed by atoms with E-state index in [9.17, 15) is 4.79 Å². The summed E-state index contributed by atoms with van der Waals surface area (Å²) in [5, 5.41) is 2.88. The van der Waals surface area contributed by atoms with Crippen molar-refractivity contribution in [2.45, 2.75) is 40.2 Å². The van der Waals surface area contributed by atoms with Gasteiger partial charge >= 0.3 is 0 Å². The van der Waals surface area contributed by atoms with Gasteiger partial charge in [0.2, 0.25) is 0 Å². The van der Waals surface area contributed by atoms with Crippen molar-refractivity contribution in [2.75, 3.05) is 6.54 Å². The highest BCUT2D eigenvalue weighted by Gasteiger charge is 2.15. The van der Waals surface area contributed by atoms with E-state index < -0.39 is 6.10 Å². The lowest BCUT2D eigenvalue weighted by Gasteiger charge is -2.17. The van der Waals surface area contributed by atoms with E-state index in [1.165, 1.54) is 0 Å². The molecule has 18 heavy (non-hydrogen) atoms. The van der Waals surface area contributed by atoms with Crippen LogP contribution in [0, 0.1) is 5.92 Å². The lowest BCUT2D eigenvalue weighted by molar-refractivity contribution is -0.127. The average Bonchev–Trinajstić information content (AvgIpc) is 2.36. The van der Waals surface area contributed by atoms with Crippen LogP contribution in [0.4, 0.5) is 0 Å². The molecule has 0 fully saturated rings. The molecule has 0 aliphatic rings. The number of carbonyl (C=O) groups excluding carboxylic acids is 1.